The zero-order valence-electron chi connectivity index (χ0n) is 11.5. The summed E-state index contributed by atoms with van der Waals surface area (Å²) in [6, 6.07) is 1.77. The number of carbonyl (C=O) groups is 1. The van der Waals surface area contributed by atoms with E-state index < -0.39 is 6.04 Å². The van der Waals surface area contributed by atoms with Gasteiger partial charge in [-0.1, -0.05) is 0 Å². The van der Waals surface area contributed by atoms with E-state index in [0.717, 1.165) is 31.4 Å². The van der Waals surface area contributed by atoms with Crippen LogP contribution in [0.1, 0.15) is 47.7 Å². The minimum atomic E-state index is -0.401. The molecule has 0 spiro atoms. The summed E-state index contributed by atoms with van der Waals surface area (Å²) in [6.45, 7) is 0. The molecule has 0 saturated heterocycles. The van der Waals surface area contributed by atoms with Crippen molar-refractivity contribution in [3.05, 3.63) is 23.7 Å². The lowest BCUT2D eigenvalue weighted by atomic mass is 10.2. The molecule has 1 atom stereocenters. The Labute approximate surface area is 121 Å². The molecule has 0 radical (unpaired) electrons. The zero-order chi connectivity index (χ0) is 14.4. The van der Waals surface area contributed by atoms with Gasteiger partial charge in [-0.05, 0) is 31.6 Å². The number of nitriles is 1. The third-order valence-electron chi connectivity index (χ3n) is 4.16. The van der Waals surface area contributed by atoms with Gasteiger partial charge in [-0.15, -0.1) is 0 Å². The highest BCUT2D eigenvalue weighted by molar-refractivity contribution is 6.04. The predicted octanol–water partition coefficient (Wildman–Crippen LogP) is 1.87. The fraction of sp³-hybridized carbons (Fsp3) is 0.467. The Hall–Kier alpha value is -2.42. The third-order valence-corrected chi connectivity index (χ3v) is 4.16. The highest BCUT2D eigenvalue weighted by atomic mass is 16.1. The molecular formula is C15H15N5O. The number of H-pyrrole nitrogens is 1. The van der Waals surface area contributed by atoms with E-state index in [2.05, 4.69) is 26.3 Å². The molecule has 0 bridgehead atoms. The Kier molecular flexibility index (Phi) is 2.67. The Bertz CT molecular complexity index is 751. The van der Waals surface area contributed by atoms with Crippen molar-refractivity contribution >= 4 is 17.1 Å². The molecule has 2 saturated carbocycles. The first-order chi connectivity index (χ1) is 10.3. The second kappa shape index (κ2) is 4.55. The van der Waals surface area contributed by atoms with Crippen LogP contribution in [0.3, 0.4) is 0 Å². The molecule has 2 aliphatic rings. The van der Waals surface area contributed by atoms with Crippen LogP contribution in [0, 0.1) is 17.2 Å². The maximum Gasteiger partial charge on any atom is 0.256 e. The van der Waals surface area contributed by atoms with Crippen LogP contribution in [0.4, 0.5) is 0 Å². The number of hydrogen-bond donors (Lipinski definition) is 2. The van der Waals surface area contributed by atoms with E-state index in [4.69, 9.17) is 5.26 Å². The van der Waals surface area contributed by atoms with E-state index in [0.29, 0.717) is 28.6 Å². The molecule has 0 aliphatic heterocycles. The monoisotopic (exact) mass is 281 g/mol. The van der Waals surface area contributed by atoms with Gasteiger partial charge in [0.15, 0.2) is 5.65 Å². The molecule has 6 nitrogen and oxygen atoms in total. The van der Waals surface area contributed by atoms with Crippen molar-refractivity contribution in [2.24, 2.45) is 5.92 Å². The SMILES string of the molecule is N#CC(NC(=O)c1c[nH]c2ncc(C3CC3)nc12)C1CC1. The van der Waals surface area contributed by atoms with Gasteiger partial charge < -0.3 is 10.3 Å². The Balaban J connectivity index is 1.64. The van der Waals surface area contributed by atoms with Crippen LogP contribution < -0.4 is 5.32 Å². The van der Waals surface area contributed by atoms with Gasteiger partial charge in [0.1, 0.15) is 11.6 Å². The number of aromatic amines is 1. The fourth-order valence-corrected chi connectivity index (χ4v) is 2.56. The van der Waals surface area contributed by atoms with Gasteiger partial charge in [-0.3, -0.25) is 4.79 Å². The molecule has 2 N–H and O–H groups in total. The van der Waals surface area contributed by atoms with E-state index in [1.54, 1.807) is 12.4 Å². The molecule has 6 heteroatoms. The lowest BCUT2D eigenvalue weighted by molar-refractivity contribution is 0.0943. The molecular weight excluding hydrogens is 266 g/mol. The van der Waals surface area contributed by atoms with E-state index in [9.17, 15) is 4.79 Å². The van der Waals surface area contributed by atoms with Crippen molar-refractivity contribution in [3.8, 4) is 6.07 Å². The first-order valence-corrected chi connectivity index (χ1v) is 7.31. The fourth-order valence-electron chi connectivity index (χ4n) is 2.56. The molecule has 2 aromatic rings. The van der Waals surface area contributed by atoms with Gasteiger partial charge in [0.2, 0.25) is 0 Å². The number of hydrogen-bond acceptors (Lipinski definition) is 4. The van der Waals surface area contributed by atoms with Gasteiger partial charge in [-0.2, -0.15) is 5.26 Å². The number of carbonyl (C=O) groups excluding carboxylic acids is 1. The van der Waals surface area contributed by atoms with E-state index >= 15 is 0 Å². The second-order valence-corrected chi connectivity index (χ2v) is 5.89. The summed E-state index contributed by atoms with van der Waals surface area (Å²) in [5, 5.41) is 11.9. The average molecular weight is 281 g/mol. The number of rotatable bonds is 4. The topological polar surface area (TPSA) is 94.5 Å². The molecule has 106 valence electrons. The van der Waals surface area contributed by atoms with E-state index in [1.165, 1.54) is 0 Å². The zero-order valence-corrected chi connectivity index (χ0v) is 11.5. The summed E-state index contributed by atoms with van der Waals surface area (Å²) in [5.41, 5.74) is 2.64. The molecule has 2 fully saturated rings. The molecule has 1 unspecified atom stereocenters. The molecule has 2 heterocycles. The van der Waals surface area contributed by atoms with E-state index in [-0.39, 0.29) is 5.91 Å². The van der Waals surface area contributed by atoms with Crippen LogP contribution in [0.15, 0.2) is 12.4 Å². The van der Waals surface area contributed by atoms with Crippen molar-refractivity contribution in [3.63, 3.8) is 0 Å². The van der Waals surface area contributed by atoms with Crippen molar-refractivity contribution in [1.82, 2.24) is 20.3 Å². The van der Waals surface area contributed by atoms with Crippen LogP contribution in [0.25, 0.3) is 11.2 Å². The van der Waals surface area contributed by atoms with Gasteiger partial charge in [0.25, 0.3) is 5.91 Å². The van der Waals surface area contributed by atoms with Crippen LogP contribution in [-0.4, -0.2) is 26.9 Å². The third kappa shape index (κ3) is 2.25. The van der Waals surface area contributed by atoms with Crippen molar-refractivity contribution in [1.29, 1.82) is 5.26 Å². The van der Waals surface area contributed by atoms with Crippen LogP contribution in [0.2, 0.25) is 0 Å². The van der Waals surface area contributed by atoms with Gasteiger partial charge in [0.05, 0.1) is 23.5 Å². The number of nitrogens with zero attached hydrogens (tertiary/aromatic N) is 3. The first kappa shape index (κ1) is 12.3. The van der Waals surface area contributed by atoms with Crippen molar-refractivity contribution in [2.45, 2.75) is 37.6 Å². The molecule has 2 aliphatic carbocycles. The Morgan fingerprint density at radius 3 is 2.90 bits per heavy atom. The molecule has 4 rings (SSSR count). The molecule has 1 amide bonds. The number of nitrogens with one attached hydrogen (secondary N) is 2. The minimum absolute atomic E-state index is 0.248. The first-order valence-electron chi connectivity index (χ1n) is 7.31. The quantitative estimate of drug-likeness (QED) is 0.894. The summed E-state index contributed by atoms with van der Waals surface area (Å²) in [5.74, 6) is 0.547. The summed E-state index contributed by atoms with van der Waals surface area (Å²) < 4.78 is 0. The van der Waals surface area contributed by atoms with Gasteiger partial charge in [0, 0.05) is 12.1 Å². The molecule has 21 heavy (non-hydrogen) atoms. The Morgan fingerprint density at radius 1 is 1.43 bits per heavy atom. The lowest BCUT2D eigenvalue weighted by Gasteiger charge is -2.09. The number of aromatic nitrogens is 3. The maximum atomic E-state index is 12.4. The van der Waals surface area contributed by atoms with Crippen molar-refractivity contribution in [2.75, 3.05) is 0 Å². The average Bonchev–Trinajstić information content (AvgIpc) is 3.40. The van der Waals surface area contributed by atoms with Gasteiger partial charge in [-0.25, -0.2) is 9.97 Å². The smallest absolute Gasteiger partial charge is 0.256 e. The Morgan fingerprint density at radius 2 is 2.24 bits per heavy atom. The largest absolute Gasteiger partial charge is 0.344 e. The number of fused-ring (bicyclic) bond motifs is 1. The maximum absolute atomic E-state index is 12.4. The summed E-state index contributed by atoms with van der Waals surface area (Å²) >= 11 is 0. The second-order valence-electron chi connectivity index (χ2n) is 5.89. The molecule has 0 aromatic carbocycles. The highest BCUT2D eigenvalue weighted by Crippen LogP contribution is 2.39. The molecule has 2 aromatic heterocycles. The standard InChI is InChI=1S/C15H15N5O/c16-5-11(8-1-2-8)20-15(21)10-6-17-14-13(10)19-12(7-18-14)9-3-4-9/h6-9,11H,1-4H2,(H,17,18)(H,20,21). The van der Waals surface area contributed by atoms with Crippen molar-refractivity contribution < 1.29 is 4.79 Å². The minimum Gasteiger partial charge on any atom is -0.344 e. The van der Waals surface area contributed by atoms with Crippen LogP contribution in [0.5, 0.6) is 0 Å². The highest BCUT2D eigenvalue weighted by Gasteiger charge is 2.33. The predicted molar refractivity (Wildman–Crippen MR) is 75.5 cm³/mol. The van der Waals surface area contributed by atoms with Gasteiger partial charge >= 0.3 is 0 Å². The number of amides is 1. The van der Waals surface area contributed by atoms with Crippen LogP contribution >= 0.6 is 0 Å². The summed E-state index contributed by atoms with van der Waals surface area (Å²) in [6.07, 6.45) is 7.71. The lowest BCUT2D eigenvalue weighted by Crippen LogP contribution is -2.35. The normalized spacial score (nSPS) is 19.2. The summed E-state index contributed by atoms with van der Waals surface area (Å²) in [7, 11) is 0. The summed E-state index contributed by atoms with van der Waals surface area (Å²) in [4.78, 5) is 24.2. The van der Waals surface area contributed by atoms with E-state index in [1.807, 2.05) is 0 Å². The van der Waals surface area contributed by atoms with Crippen LogP contribution in [-0.2, 0) is 0 Å².